The van der Waals surface area contributed by atoms with Crippen molar-refractivity contribution in [2.45, 2.75) is 56.1 Å². The van der Waals surface area contributed by atoms with Crippen LogP contribution < -0.4 is 0 Å². The Labute approximate surface area is 201 Å². The van der Waals surface area contributed by atoms with Crippen molar-refractivity contribution < 1.29 is 13.2 Å². The monoisotopic (exact) mass is 482 g/mol. The molecule has 3 unspecified atom stereocenters. The average Bonchev–Trinajstić information content (AvgIpc) is 3.22. The normalized spacial score (nSPS) is 34.2. The van der Waals surface area contributed by atoms with Gasteiger partial charge in [-0.1, -0.05) is 0 Å². The van der Waals surface area contributed by atoms with Crippen LogP contribution in [0.15, 0.2) is 24.5 Å². The topological polar surface area (TPSA) is 86.4 Å². The number of hydrogen-bond acceptors (Lipinski definition) is 4. The maximum atomic E-state index is 13.3. The van der Waals surface area contributed by atoms with Crippen LogP contribution >= 0.6 is 0 Å². The number of amides is 1. The fourth-order valence-electron chi connectivity index (χ4n) is 8.25. The summed E-state index contributed by atoms with van der Waals surface area (Å²) in [6.07, 6.45) is 11.5. The van der Waals surface area contributed by atoms with Gasteiger partial charge in [0, 0.05) is 50.4 Å². The second-order valence-corrected chi connectivity index (χ2v) is 13.9. The number of rotatable bonds is 5. The number of H-pyrrole nitrogens is 1. The molecule has 2 saturated heterocycles. The Kier molecular flexibility index (Phi) is 4.89. The van der Waals surface area contributed by atoms with E-state index >= 15 is 0 Å². The summed E-state index contributed by atoms with van der Waals surface area (Å²) in [6, 6.07) is 4.03. The van der Waals surface area contributed by atoms with Gasteiger partial charge in [0.15, 0.2) is 0 Å². The quantitative estimate of drug-likeness (QED) is 0.708. The molecular formula is C26H34N4O3S. The fraction of sp³-hybridized carbons (Fsp3) is 0.692. The molecule has 34 heavy (non-hydrogen) atoms. The average molecular weight is 483 g/mol. The van der Waals surface area contributed by atoms with Gasteiger partial charge in [0.1, 0.15) is 10.9 Å². The lowest BCUT2D eigenvalue weighted by molar-refractivity contribution is -0.146. The second-order valence-electron chi connectivity index (χ2n) is 11.7. The largest absolute Gasteiger partial charge is 0.346 e. The van der Waals surface area contributed by atoms with E-state index in [1.807, 2.05) is 17.2 Å². The summed E-state index contributed by atoms with van der Waals surface area (Å²) in [5.41, 5.74) is 2.14. The number of aromatic amines is 1. The lowest BCUT2D eigenvalue weighted by Gasteiger charge is -2.61. The molecule has 7 nitrogen and oxygen atoms in total. The zero-order valence-corrected chi connectivity index (χ0v) is 20.4. The van der Waals surface area contributed by atoms with Crippen molar-refractivity contribution >= 4 is 27.0 Å². The van der Waals surface area contributed by atoms with Gasteiger partial charge in [-0.2, -0.15) is 0 Å². The van der Waals surface area contributed by atoms with E-state index in [0.29, 0.717) is 44.4 Å². The molecule has 4 bridgehead atoms. The van der Waals surface area contributed by atoms with Gasteiger partial charge in [0.05, 0.1) is 0 Å². The molecule has 182 valence electrons. The van der Waals surface area contributed by atoms with Crippen LogP contribution in [0, 0.1) is 29.6 Å². The van der Waals surface area contributed by atoms with Gasteiger partial charge in [0.25, 0.3) is 0 Å². The van der Waals surface area contributed by atoms with Gasteiger partial charge >= 0.3 is 0 Å². The van der Waals surface area contributed by atoms with E-state index in [9.17, 15) is 13.2 Å². The Balaban J connectivity index is 0.934. The number of sulfonamides is 1. The van der Waals surface area contributed by atoms with Crippen LogP contribution in [0.3, 0.4) is 0 Å². The van der Waals surface area contributed by atoms with Gasteiger partial charge in [-0.25, -0.2) is 17.7 Å². The second kappa shape index (κ2) is 7.79. The highest BCUT2D eigenvalue weighted by Gasteiger charge is 2.55. The maximum Gasteiger partial charge on any atom is 0.222 e. The number of hydrogen-bond donors (Lipinski definition) is 1. The van der Waals surface area contributed by atoms with Gasteiger partial charge in [-0.3, -0.25) is 4.79 Å². The zero-order valence-electron chi connectivity index (χ0n) is 19.6. The highest BCUT2D eigenvalue weighted by molar-refractivity contribution is 7.89. The Morgan fingerprint density at radius 3 is 2.59 bits per heavy atom. The van der Waals surface area contributed by atoms with Gasteiger partial charge in [-0.05, 0) is 91.7 Å². The van der Waals surface area contributed by atoms with Crippen molar-refractivity contribution in [1.82, 2.24) is 19.2 Å². The summed E-state index contributed by atoms with van der Waals surface area (Å²) in [7, 11) is -3.35. The molecule has 0 aromatic carbocycles. The van der Waals surface area contributed by atoms with E-state index in [2.05, 4.69) is 16.0 Å². The third-order valence-corrected chi connectivity index (χ3v) is 12.2. The predicted octanol–water partition coefficient (Wildman–Crippen LogP) is 3.36. The highest BCUT2D eigenvalue weighted by atomic mass is 32.2. The maximum absolute atomic E-state index is 13.3. The van der Waals surface area contributed by atoms with E-state index in [1.165, 1.54) is 31.2 Å². The summed E-state index contributed by atoms with van der Waals surface area (Å²) >= 11 is 0. The number of likely N-dealkylation sites (tertiary alicyclic amines) is 1. The summed E-state index contributed by atoms with van der Waals surface area (Å²) in [5.74, 6) is 4.48. The van der Waals surface area contributed by atoms with Crippen molar-refractivity contribution in [3.05, 3.63) is 30.1 Å². The first-order chi connectivity index (χ1) is 16.5. The summed E-state index contributed by atoms with van der Waals surface area (Å²) in [6.45, 7) is 1.86. The Morgan fingerprint density at radius 1 is 1.09 bits per heavy atom. The number of fused-ring (bicyclic) bond motifs is 2. The predicted molar refractivity (Wildman–Crippen MR) is 129 cm³/mol. The van der Waals surface area contributed by atoms with Crippen LogP contribution in [0.5, 0.6) is 0 Å². The smallest absolute Gasteiger partial charge is 0.222 e. The van der Waals surface area contributed by atoms with Crippen LogP contribution in [0.25, 0.3) is 11.0 Å². The molecule has 8 heteroatoms. The fourth-order valence-corrected chi connectivity index (χ4v) is 10.1. The first-order valence-electron chi connectivity index (χ1n) is 13.2. The number of aromatic nitrogens is 2. The Bertz CT molecular complexity index is 1200. The molecule has 4 heterocycles. The molecular weight excluding hydrogens is 448 g/mol. The van der Waals surface area contributed by atoms with Crippen molar-refractivity contribution in [2.75, 3.05) is 26.2 Å². The third-order valence-electron chi connectivity index (χ3n) is 9.94. The molecule has 7 fully saturated rings. The number of nitrogens with zero attached hydrogens (tertiary/aromatic N) is 3. The molecule has 0 radical (unpaired) electrons. The Morgan fingerprint density at radius 2 is 1.85 bits per heavy atom. The molecule has 0 spiro atoms. The van der Waals surface area contributed by atoms with Crippen molar-refractivity contribution in [3.8, 4) is 0 Å². The van der Waals surface area contributed by atoms with E-state index in [1.54, 1.807) is 10.5 Å². The Hall–Kier alpha value is -1.93. The minimum atomic E-state index is -3.35. The molecule has 5 saturated carbocycles. The summed E-state index contributed by atoms with van der Waals surface area (Å²) < 4.78 is 28.2. The first-order valence-corrected chi connectivity index (χ1v) is 14.7. The van der Waals surface area contributed by atoms with Crippen LogP contribution in [-0.4, -0.2) is 64.9 Å². The molecule has 3 atom stereocenters. The number of piperidine rings is 1. The minimum Gasteiger partial charge on any atom is -0.346 e. The number of carbonyl (C=O) groups is 1. The SMILES string of the molecule is O=C(CC1CC2CC3CC(C2)C13)N1CC(S(=O)(=O)N2CCC(c3c[nH]c4ncccc34)CC2)C1. The third kappa shape index (κ3) is 3.28. The van der Waals surface area contributed by atoms with E-state index in [-0.39, 0.29) is 5.91 Å². The van der Waals surface area contributed by atoms with Crippen LogP contribution in [0.2, 0.25) is 0 Å². The van der Waals surface area contributed by atoms with Crippen molar-refractivity contribution in [2.24, 2.45) is 29.6 Å². The van der Waals surface area contributed by atoms with Gasteiger partial charge in [-0.15, -0.1) is 0 Å². The molecule has 2 aromatic heterocycles. The number of pyridine rings is 1. The van der Waals surface area contributed by atoms with Gasteiger partial charge < -0.3 is 9.88 Å². The molecule has 2 aliphatic heterocycles. The van der Waals surface area contributed by atoms with E-state index in [0.717, 1.165) is 47.5 Å². The standard InChI is InChI=1S/C26H34N4O3S/c31-24(12-20-10-16-8-18-11-19(9-16)25(18)20)29-14-21(15-29)34(32,33)30-6-3-17(4-7-30)23-13-28-26-22(23)2-1-5-27-26/h1-2,5,13,16-21,25H,3-4,6-12,14-15H2,(H,27,28). The molecule has 1 N–H and O–H groups in total. The van der Waals surface area contributed by atoms with Crippen molar-refractivity contribution in [3.63, 3.8) is 0 Å². The molecule has 1 amide bonds. The number of carbonyl (C=O) groups excluding carboxylic acids is 1. The first kappa shape index (κ1) is 21.4. The van der Waals surface area contributed by atoms with Crippen LogP contribution in [-0.2, 0) is 14.8 Å². The van der Waals surface area contributed by atoms with Crippen LogP contribution in [0.4, 0.5) is 0 Å². The van der Waals surface area contributed by atoms with E-state index in [4.69, 9.17) is 0 Å². The lowest BCUT2D eigenvalue weighted by atomic mass is 9.44. The molecule has 7 aliphatic rings. The lowest BCUT2D eigenvalue weighted by Crippen LogP contribution is -2.61. The minimum absolute atomic E-state index is 0.190. The van der Waals surface area contributed by atoms with Gasteiger partial charge in [0.2, 0.25) is 15.9 Å². The summed E-state index contributed by atoms with van der Waals surface area (Å²) in [4.78, 5) is 22.4. The van der Waals surface area contributed by atoms with Crippen molar-refractivity contribution in [1.29, 1.82) is 0 Å². The molecule has 5 aliphatic carbocycles. The summed E-state index contributed by atoms with van der Waals surface area (Å²) in [5, 5.41) is 0.710. The zero-order chi connectivity index (χ0) is 23.0. The van der Waals surface area contributed by atoms with E-state index < -0.39 is 15.3 Å². The highest BCUT2D eigenvalue weighted by Crippen LogP contribution is 2.63. The number of nitrogens with one attached hydrogen (secondary N) is 1. The molecule has 2 aromatic rings. The molecule has 9 rings (SSSR count). The van der Waals surface area contributed by atoms with Crippen LogP contribution in [0.1, 0.15) is 56.4 Å².